The van der Waals surface area contributed by atoms with Gasteiger partial charge in [-0.1, -0.05) is 18.9 Å². The number of benzene rings is 1. The first-order valence-electron chi connectivity index (χ1n) is 6.01. The molecule has 1 atom stereocenters. The predicted octanol–water partition coefficient (Wildman–Crippen LogP) is 3.87. The lowest BCUT2D eigenvalue weighted by Crippen LogP contribution is -2.35. The molecule has 5 heteroatoms. The Hall–Kier alpha value is -0.390. The topological polar surface area (TPSA) is 49.3 Å². The van der Waals surface area contributed by atoms with Crippen molar-refractivity contribution in [2.24, 2.45) is 0 Å². The first-order valence-corrected chi connectivity index (χ1v) is 7.60. The summed E-state index contributed by atoms with van der Waals surface area (Å²) in [4.78, 5) is 11.4. The Balaban J connectivity index is 2.17. The van der Waals surface area contributed by atoms with Crippen LogP contribution in [-0.2, 0) is 4.79 Å². The molecule has 0 heterocycles. The van der Waals surface area contributed by atoms with E-state index in [2.05, 4.69) is 37.2 Å². The summed E-state index contributed by atoms with van der Waals surface area (Å²) >= 11 is 6.80. The molecule has 3 nitrogen and oxygen atoms in total. The lowest BCUT2D eigenvalue weighted by Gasteiger charge is -2.20. The molecule has 1 aliphatic carbocycles. The summed E-state index contributed by atoms with van der Waals surface area (Å²) in [6.45, 7) is 0. The number of carboxylic acids is 1. The van der Waals surface area contributed by atoms with Gasteiger partial charge in [0.15, 0.2) is 0 Å². The van der Waals surface area contributed by atoms with Crippen molar-refractivity contribution < 1.29 is 9.90 Å². The largest absolute Gasteiger partial charge is 0.480 e. The highest BCUT2D eigenvalue weighted by atomic mass is 79.9. The van der Waals surface area contributed by atoms with Crippen LogP contribution in [0.15, 0.2) is 27.1 Å². The number of nitrogens with one attached hydrogen (secondary N) is 1. The van der Waals surface area contributed by atoms with Crippen LogP contribution in [0.1, 0.15) is 37.3 Å². The van der Waals surface area contributed by atoms with Crippen LogP contribution in [0.2, 0.25) is 0 Å². The zero-order chi connectivity index (χ0) is 13.1. The van der Waals surface area contributed by atoms with Crippen molar-refractivity contribution >= 4 is 37.8 Å². The summed E-state index contributed by atoms with van der Waals surface area (Å²) in [5.41, 5.74) is 0.782. The molecule has 1 aromatic carbocycles. The highest BCUT2D eigenvalue weighted by molar-refractivity contribution is 9.13. The molecule has 1 unspecified atom stereocenters. The average Bonchev–Trinajstić information content (AvgIpc) is 2.82. The van der Waals surface area contributed by atoms with E-state index in [0.717, 1.165) is 27.4 Å². The van der Waals surface area contributed by atoms with Gasteiger partial charge in [-0.15, -0.1) is 0 Å². The summed E-state index contributed by atoms with van der Waals surface area (Å²) in [7, 11) is 0. The second-order valence-corrected chi connectivity index (χ2v) is 6.30. The summed E-state index contributed by atoms with van der Waals surface area (Å²) < 4.78 is 1.80. The SMILES string of the molecule is O=C(O)C(NC1CCCC1)c1ccc(Br)c(Br)c1. The quantitative estimate of drug-likeness (QED) is 0.838. The van der Waals surface area contributed by atoms with Gasteiger partial charge in [0.1, 0.15) is 6.04 Å². The standard InChI is InChI=1S/C13H15Br2NO2/c14-10-6-5-8(7-11(10)15)12(13(17)18)16-9-3-1-2-4-9/h5-7,9,12,16H,1-4H2,(H,17,18). The second kappa shape index (κ2) is 6.17. The van der Waals surface area contributed by atoms with Crippen molar-refractivity contribution in [1.29, 1.82) is 0 Å². The molecule has 2 rings (SSSR count). The molecule has 1 fully saturated rings. The molecular formula is C13H15Br2NO2. The smallest absolute Gasteiger partial charge is 0.325 e. The Morgan fingerprint density at radius 3 is 2.50 bits per heavy atom. The normalized spacial score (nSPS) is 17.9. The maximum absolute atomic E-state index is 11.4. The van der Waals surface area contributed by atoms with Crippen LogP contribution in [0.3, 0.4) is 0 Å². The first-order chi connectivity index (χ1) is 8.58. The molecule has 98 valence electrons. The number of halogens is 2. The van der Waals surface area contributed by atoms with Gasteiger partial charge in [-0.3, -0.25) is 10.1 Å². The number of hydrogen-bond donors (Lipinski definition) is 2. The molecule has 1 aliphatic rings. The molecule has 0 aromatic heterocycles. The van der Waals surface area contributed by atoms with Crippen LogP contribution >= 0.6 is 31.9 Å². The fourth-order valence-corrected chi connectivity index (χ4v) is 2.97. The van der Waals surface area contributed by atoms with E-state index in [9.17, 15) is 9.90 Å². The van der Waals surface area contributed by atoms with Crippen molar-refractivity contribution in [2.45, 2.75) is 37.8 Å². The number of carboxylic acid groups (broad SMARTS) is 1. The summed E-state index contributed by atoms with van der Waals surface area (Å²) in [6.07, 6.45) is 4.52. The highest BCUT2D eigenvalue weighted by Crippen LogP contribution is 2.28. The number of rotatable bonds is 4. The third-order valence-electron chi connectivity index (χ3n) is 3.28. The zero-order valence-electron chi connectivity index (χ0n) is 9.83. The number of carbonyl (C=O) groups is 1. The van der Waals surface area contributed by atoms with Gasteiger partial charge >= 0.3 is 5.97 Å². The lowest BCUT2D eigenvalue weighted by atomic mass is 10.1. The van der Waals surface area contributed by atoms with Crippen LogP contribution in [0.5, 0.6) is 0 Å². The van der Waals surface area contributed by atoms with Crippen molar-refractivity contribution in [3.8, 4) is 0 Å². The van der Waals surface area contributed by atoms with Gasteiger partial charge in [0.2, 0.25) is 0 Å². The minimum absolute atomic E-state index is 0.327. The van der Waals surface area contributed by atoms with Gasteiger partial charge in [-0.05, 0) is 62.4 Å². The Bertz CT molecular complexity index is 445. The summed E-state index contributed by atoms with van der Waals surface area (Å²) in [5, 5.41) is 12.6. The minimum Gasteiger partial charge on any atom is -0.480 e. The molecule has 0 spiro atoms. The molecule has 2 N–H and O–H groups in total. The molecule has 0 amide bonds. The molecule has 0 radical (unpaired) electrons. The van der Waals surface area contributed by atoms with Crippen LogP contribution in [0.4, 0.5) is 0 Å². The van der Waals surface area contributed by atoms with Crippen LogP contribution in [0, 0.1) is 0 Å². The van der Waals surface area contributed by atoms with Crippen LogP contribution in [0.25, 0.3) is 0 Å². The molecule has 1 aromatic rings. The van der Waals surface area contributed by atoms with Gasteiger partial charge in [-0.25, -0.2) is 0 Å². The molecule has 0 aliphatic heterocycles. The Labute approximate surface area is 123 Å². The number of hydrogen-bond acceptors (Lipinski definition) is 2. The first kappa shape index (κ1) is 14.0. The van der Waals surface area contributed by atoms with E-state index in [-0.39, 0.29) is 0 Å². The van der Waals surface area contributed by atoms with Gasteiger partial charge in [0, 0.05) is 15.0 Å². The maximum atomic E-state index is 11.4. The summed E-state index contributed by atoms with van der Waals surface area (Å²) in [5.74, 6) is -0.823. The highest BCUT2D eigenvalue weighted by Gasteiger charge is 2.25. The fourth-order valence-electron chi connectivity index (χ4n) is 2.33. The van der Waals surface area contributed by atoms with E-state index in [0.29, 0.717) is 6.04 Å². The van der Waals surface area contributed by atoms with E-state index >= 15 is 0 Å². The van der Waals surface area contributed by atoms with Gasteiger partial charge in [-0.2, -0.15) is 0 Å². The molecule has 0 saturated heterocycles. The minimum atomic E-state index is -0.823. The van der Waals surface area contributed by atoms with E-state index in [1.807, 2.05) is 18.2 Å². The van der Waals surface area contributed by atoms with Gasteiger partial charge in [0.05, 0.1) is 0 Å². The Morgan fingerprint density at radius 2 is 1.94 bits per heavy atom. The predicted molar refractivity (Wildman–Crippen MR) is 77.6 cm³/mol. The number of aliphatic carboxylic acids is 1. The third kappa shape index (κ3) is 3.33. The summed E-state index contributed by atoms with van der Waals surface area (Å²) in [6, 6.07) is 5.26. The molecular weight excluding hydrogens is 362 g/mol. The van der Waals surface area contributed by atoms with E-state index in [1.165, 1.54) is 12.8 Å². The van der Waals surface area contributed by atoms with E-state index < -0.39 is 12.0 Å². The Kier molecular flexibility index (Phi) is 4.81. The van der Waals surface area contributed by atoms with Crippen molar-refractivity contribution in [3.63, 3.8) is 0 Å². The lowest BCUT2D eigenvalue weighted by molar-refractivity contribution is -0.139. The van der Waals surface area contributed by atoms with E-state index in [1.54, 1.807) is 0 Å². The van der Waals surface area contributed by atoms with Crippen molar-refractivity contribution in [2.75, 3.05) is 0 Å². The molecule has 0 bridgehead atoms. The van der Waals surface area contributed by atoms with E-state index in [4.69, 9.17) is 0 Å². The third-order valence-corrected chi connectivity index (χ3v) is 5.16. The van der Waals surface area contributed by atoms with Crippen LogP contribution in [-0.4, -0.2) is 17.1 Å². The van der Waals surface area contributed by atoms with Gasteiger partial charge in [0.25, 0.3) is 0 Å². The molecule has 18 heavy (non-hydrogen) atoms. The second-order valence-electron chi connectivity index (χ2n) is 4.59. The van der Waals surface area contributed by atoms with Crippen LogP contribution < -0.4 is 5.32 Å². The van der Waals surface area contributed by atoms with Crippen molar-refractivity contribution in [3.05, 3.63) is 32.7 Å². The Morgan fingerprint density at radius 1 is 1.28 bits per heavy atom. The monoisotopic (exact) mass is 375 g/mol. The fraction of sp³-hybridized carbons (Fsp3) is 0.462. The van der Waals surface area contributed by atoms with Gasteiger partial charge < -0.3 is 5.11 Å². The molecule has 1 saturated carbocycles. The zero-order valence-corrected chi connectivity index (χ0v) is 13.0. The average molecular weight is 377 g/mol. The maximum Gasteiger partial charge on any atom is 0.325 e. The van der Waals surface area contributed by atoms with Crippen molar-refractivity contribution in [1.82, 2.24) is 5.32 Å².